The molecule has 2 aromatic rings. The quantitative estimate of drug-likeness (QED) is 0.651. The van der Waals surface area contributed by atoms with Crippen LogP contribution in [0, 0.1) is 0 Å². The van der Waals surface area contributed by atoms with E-state index < -0.39 is 0 Å². The first kappa shape index (κ1) is 22.2. The molecule has 0 spiro atoms. The molecule has 1 fully saturated rings. The average molecular weight is 444 g/mol. The fraction of sp³-hybridized carbons (Fsp3) is 0.348. The second kappa shape index (κ2) is 11.1. The maximum absolute atomic E-state index is 12.7. The fourth-order valence-corrected chi connectivity index (χ4v) is 3.92. The molecule has 2 amide bonds. The van der Waals surface area contributed by atoms with Crippen LogP contribution in [0.2, 0.25) is 5.02 Å². The summed E-state index contributed by atoms with van der Waals surface area (Å²) in [6.07, 6.45) is 5.34. The van der Waals surface area contributed by atoms with Gasteiger partial charge in [-0.1, -0.05) is 42.6 Å². The van der Waals surface area contributed by atoms with Crippen LogP contribution in [0.25, 0.3) is 0 Å². The number of anilines is 1. The highest BCUT2D eigenvalue weighted by Gasteiger charge is 2.17. The van der Waals surface area contributed by atoms with Crippen molar-refractivity contribution in [3.05, 3.63) is 64.7 Å². The Bertz CT molecular complexity index is 894. The van der Waals surface area contributed by atoms with Gasteiger partial charge in [0.25, 0.3) is 5.91 Å². The van der Waals surface area contributed by atoms with Gasteiger partial charge < -0.3 is 15.5 Å². The zero-order valence-electron chi connectivity index (χ0n) is 16.8. The van der Waals surface area contributed by atoms with Crippen molar-refractivity contribution in [2.75, 3.05) is 18.4 Å². The Balaban J connectivity index is 1.47. The summed E-state index contributed by atoms with van der Waals surface area (Å²) in [6.45, 7) is 1.65. The number of benzene rings is 2. The summed E-state index contributed by atoms with van der Waals surface area (Å²) in [6, 6.07) is 14.6. The van der Waals surface area contributed by atoms with Gasteiger partial charge in [-0.05, 0) is 67.4 Å². The second-order valence-corrected chi connectivity index (χ2v) is 8.19. The van der Waals surface area contributed by atoms with E-state index in [9.17, 15) is 9.59 Å². The van der Waals surface area contributed by atoms with E-state index >= 15 is 0 Å². The van der Waals surface area contributed by atoms with Gasteiger partial charge in [0, 0.05) is 35.8 Å². The zero-order valence-corrected chi connectivity index (χ0v) is 18.4. The van der Waals surface area contributed by atoms with Crippen molar-refractivity contribution in [1.82, 2.24) is 10.2 Å². The third kappa shape index (κ3) is 6.54. The Morgan fingerprint density at radius 1 is 0.967 bits per heavy atom. The van der Waals surface area contributed by atoms with Crippen LogP contribution in [0.15, 0.2) is 48.5 Å². The summed E-state index contributed by atoms with van der Waals surface area (Å²) >= 11 is 11.3. The molecule has 1 saturated heterocycles. The first-order valence-electron chi connectivity index (χ1n) is 10.3. The normalized spacial score (nSPS) is 14.0. The molecule has 0 bridgehead atoms. The largest absolute Gasteiger partial charge is 0.339 e. The number of likely N-dealkylation sites (tertiary alicyclic amines) is 1. The van der Waals surface area contributed by atoms with Crippen LogP contribution < -0.4 is 10.6 Å². The van der Waals surface area contributed by atoms with Gasteiger partial charge in [-0.2, -0.15) is 0 Å². The number of thiocarbonyl (C=S) groups is 1. The molecule has 0 atom stereocenters. The maximum Gasteiger partial charge on any atom is 0.253 e. The van der Waals surface area contributed by atoms with Crippen molar-refractivity contribution in [3.63, 3.8) is 0 Å². The monoisotopic (exact) mass is 443 g/mol. The molecule has 2 N–H and O–H groups in total. The number of carbonyl (C=O) groups is 2. The van der Waals surface area contributed by atoms with Crippen molar-refractivity contribution in [2.24, 2.45) is 0 Å². The number of carbonyl (C=O) groups excluding carboxylic acids is 2. The molecular weight excluding hydrogens is 418 g/mol. The molecule has 2 aromatic carbocycles. The van der Waals surface area contributed by atoms with E-state index in [0.717, 1.165) is 37.2 Å². The lowest BCUT2D eigenvalue weighted by Gasteiger charge is -2.20. The Kier molecular flexibility index (Phi) is 8.22. The highest BCUT2D eigenvalue weighted by molar-refractivity contribution is 7.80. The van der Waals surface area contributed by atoms with E-state index in [1.807, 2.05) is 29.2 Å². The molecule has 5 nitrogen and oxygen atoms in total. The molecule has 1 aliphatic heterocycles. The molecule has 0 unspecified atom stereocenters. The standard InChI is InChI=1S/C23H26ClN3O2S/c24-20-8-4-3-7-17(20)11-14-21(28)26-23(30)25-19-12-9-18(10-13-19)22(29)27-15-5-1-2-6-16-27/h3-4,7-10,12-13H,1-2,5-6,11,14-16H2,(H2,25,26,28,30). The van der Waals surface area contributed by atoms with E-state index in [0.29, 0.717) is 17.0 Å². The van der Waals surface area contributed by atoms with Gasteiger partial charge in [0.2, 0.25) is 5.91 Å². The molecule has 0 radical (unpaired) electrons. The number of hydrogen-bond donors (Lipinski definition) is 2. The molecule has 3 rings (SSSR count). The predicted molar refractivity (Wildman–Crippen MR) is 125 cm³/mol. The van der Waals surface area contributed by atoms with Crippen LogP contribution in [0.1, 0.15) is 48.0 Å². The van der Waals surface area contributed by atoms with Crippen molar-refractivity contribution in [1.29, 1.82) is 0 Å². The summed E-state index contributed by atoms with van der Waals surface area (Å²) in [4.78, 5) is 26.7. The molecule has 7 heteroatoms. The maximum atomic E-state index is 12.7. The Hall–Kier alpha value is -2.44. The van der Waals surface area contributed by atoms with Gasteiger partial charge >= 0.3 is 0 Å². The SMILES string of the molecule is O=C(CCc1ccccc1Cl)NC(=S)Nc1ccc(C(=O)N2CCCCCC2)cc1. The van der Waals surface area contributed by atoms with E-state index in [1.165, 1.54) is 12.8 Å². The number of hydrogen-bond acceptors (Lipinski definition) is 3. The van der Waals surface area contributed by atoms with Gasteiger partial charge in [-0.25, -0.2) is 0 Å². The lowest BCUT2D eigenvalue weighted by atomic mass is 10.1. The van der Waals surface area contributed by atoms with Crippen LogP contribution in [0.5, 0.6) is 0 Å². The zero-order chi connectivity index (χ0) is 21.3. The van der Waals surface area contributed by atoms with Crippen molar-refractivity contribution in [3.8, 4) is 0 Å². The van der Waals surface area contributed by atoms with Crippen molar-refractivity contribution < 1.29 is 9.59 Å². The molecule has 0 saturated carbocycles. The fourth-order valence-electron chi connectivity index (χ4n) is 3.45. The Labute approximate surface area is 187 Å². The second-order valence-electron chi connectivity index (χ2n) is 7.38. The molecule has 1 aliphatic rings. The number of nitrogens with one attached hydrogen (secondary N) is 2. The van der Waals surface area contributed by atoms with E-state index in [2.05, 4.69) is 10.6 Å². The molecule has 30 heavy (non-hydrogen) atoms. The molecule has 1 heterocycles. The Morgan fingerprint density at radius 3 is 2.30 bits per heavy atom. The lowest BCUT2D eigenvalue weighted by molar-refractivity contribution is -0.119. The first-order valence-corrected chi connectivity index (χ1v) is 11.0. The summed E-state index contributed by atoms with van der Waals surface area (Å²) in [5, 5.41) is 6.54. The molecule has 158 valence electrons. The molecule has 0 aromatic heterocycles. The minimum absolute atomic E-state index is 0.0684. The Morgan fingerprint density at radius 2 is 1.63 bits per heavy atom. The predicted octanol–water partition coefficient (Wildman–Crippen LogP) is 4.80. The summed E-state index contributed by atoms with van der Waals surface area (Å²) in [5.41, 5.74) is 2.31. The summed E-state index contributed by atoms with van der Waals surface area (Å²) in [5.74, 6) is -0.112. The van der Waals surface area contributed by atoms with Crippen LogP contribution in [0.3, 0.4) is 0 Å². The molecular formula is C23H26ClN3O2S. The highest BCUT2D eigenvalue weighted by Crippen LogP contribution is 2.17. The van der Waals surface area contributed by atoms with E-state index in [1.54, 1.807) is 24.3 Å². The average Bonchev–Trinajstić information content (AvgIpc) is 3.03. The van der Waals surface area contributed by atoms with E-state index in [-0.39, 0.29) is 23.3 Å². The van der Waals surface area contributed by atoms with Crippen molar-refractivity contribution in [2.45, 2.75) is 38.5 Å². The third-order valence-electron chi connectivity index (χ3n) is 5.12. The number of amides is 2. The van der Waals surface area contributed by atoms with Gasteiger partial charge in [-0.3, -0.25) is 9.59 Å². The van der Waals surface area contributed by atoms with Crippen LogP contribution in [-0.4, -0.2) is 34.9 Å². The van der Waals surface area contributed by atoms with Gasteiger partial charge in [0.05, 0.1) is 0 Å². The number of halogens is 1. The van der Waals surface area contributed by atoms with Crippen LogP contribution in [0.4, 0.5) is 5.69 Å². The number of rotatable bonds is 5. The minimum atomic E-state index is -0.180. The third-order valence-corrected chi connectivity index (χ3v) is 5.69. The van der Waals surface area contributed by atoms with E-state index in [4.69, 9.17) is 23.8 Å². The lowest BCUT2D eigenvalue weighted by Crippen LogP contribution is -2.34. The highest BCUT2D eigenvalue weighted by atomic mass is 35.5. The number of aryl methyl sites for hydroxylation is 1. The van der Waals surface area contributed by atoms with Gasteiger partial charge in [0.1, 0.15) is 0 Å². The summed E-state index contributed by atoms with van der Waals surface area (Å²) in [7, 11) is 0. The van der Waals surface area contributed by atoms with Crippen LogP contribution in [-0.2, 0) is 11.2 Å². The summed E-state index contributed by atoms with van der Waals surface area (Å²) < 4.78 is 0. The topological polar surface area (TPSA) is 61.4 Å². The van der Waals surface area contributed by atoms with Gasteiger partial charge in [0.15, 0.2) is 5.11 Å². The van der Waals surface area contributed by atoms with Gasteiger partial charge in [-0.15, -0.1) is 0 Å². The molecule has 0 aliphatic carbocycles. The first-order chi connectivity index (χ1) is 14.5. The van der Waals surface area contributed by atoms with Crippen LogP contribution >= 0.6 is 23.8 Å². The number of nitrogens with zero attached hydrogens (tertiary/aromatic N) is 1. The smallest absolute Gasteiger partial charge is 0.253 e. The van der Waals surface area contributed by atoms with Crippen molar-refractivity contribution >= 4 is 46.4 Å². The minimum Gasteiger partial charge on any atom is -0.339 e.